The van der Waals surface area contributed by atoms with Gasteiger partial charge in [-0.2, -0.15) is 0 Å². The van der Waals surface area contributed by atoms with Crippen molar-refractivity contribution in [2.75, 3.05) is 5.43 Å². The molecule has 0 fully saturated rings. The normalized spacial score (nSPS) is 10.5. The quantitative estimate of drug-likeness (QED) is 0.687. The highest BCUT2D eigenvalue weighted by molar-refractivity contribution is 9.10. The molecule has 118 valence electrons. The molecule has 0 atom stereocenters. The van der Waals surface area contributed by atoms with E-state index in [1.807, 2.05) is 42.5 Å². The van der Waals surface area contributed by atoms with Gasteiger partial charge in [-0.15, -0.1) is 10.2 Å². The van der Waals surface area contributed by atoms with Gasteiger partial charge in [-0.3, -0.25) is 0 Å². The second kappa shape index (κ2) is 7.48. The zero-order valence-corrected chi connectivity index (χ0v) is 14.5. The summed E-state index contributed by atoms with van der Waals surface area (Å²) in [4.78, 5) is 0. The van der Waals surface area contributed by atoms with Gasteiger partial charge < -0.3 is 10.2 Å². The van der Waals surface area contributed by atoms with Crippen molar-refractivity contribution in [2.45, 2.75) is 13.2 Å². The lowest BCUT2D eigenvalue weighted by Crippen LogP contribution is -2.12. The fourth-order valence-corrected chi connectivity index (χ4v) is 2.64. The van der Waals surface area contributed by atoms with E-state index in [2.05, 4.69) is 31.6 Å². The number of nitrogens with zero attached hydrogens (tertiary/aromatic N) is 3. The summed E-state index contributed by atoms with van der Waals surface area (Å²) >= 11 is 9.42. The molecule has 0 amide bonds. The minimum absolute atomic E-state index is 0.494. The predicted octanol–water partition coefficient (Wildman–Crippen LogP) is 4.02. The third-order valence-electron chi connectivity index (χ3n) is 3.19. The first-order valence-corrected chi connectivity index (χ1v) is 8.12. The monoisotopic (exact) mass is 392 g/mol. The molecule has 0 saturated carbocycles. The fraction of sp³-hybridized carbons (Fsp3) is 0.125. The molecule has 2 aromatic carbocycles. The van der Waals surface area contributed by atoms with Gasteiger partial charge in [-0.05, 0) is 51.3 Å². The van der Waals surface area contributed by atoms with E-state index in [0.29, 0.717) is 13.2 Å². The van der Waals surface area contributed by atoms with Crippen molar-refractivity contribution in [3.8, 4) is 5.75 Å². The number of ether oxygens (including phenoxy) is 1. The topological polar surface area (TPSA) is 52.0 Å². The zero-order valence-electron chi connectivity index (χ0n) is 12.1. The van der Waals surface area contributed by atoms with Gasteiger partial charge in [0.15, 0.2) is 0 Å². The second-order valence-electron chi connectivity index (χ2n) is 4.88. The third kappa shape index (κ3) is 4.46. The summed E-state index contributed by atoms with van der Waals surface area (Å²) in [6.45, 7) is 1.15. The number of nitrogens with one attached hydrogen (secondary N) is 1. The standard InChI is InChI=1S/C16H14BrClN4O/c17-15-7-13(8-21-22-10-19-20-11-22)3-6-16(15)23-9-12-1-4-14(18)5-2-12/h1-7,10-11,21H,8-9H2. The third-order valence-corrected chi connectivity index (χ3v) is 4.06. The first-order valence-electron chi connectivity index (χ1n) is 6.95. The summed E-state index contributed by atoms with van der Waals surface area (Å²) in [5.41, 5.74) is 5.35. The van der Waals surface area contributed by atoms with Crippen molar-refractivity contribution in [3.63, 3.8) is 0 Å². The van der Waals surface area contributed by atoms with Crippen LogP contribution >= 0.6 is 27.5 Å². The molecule has 3 aromatic rings. The molecule has 0 aliphatic carbocycles. The molecule has 7 heteroatoms. The average molecular weight is 394 g/mol. The maximum Gasteiger partial charge on any atom is 0.138 e. The van der Waals surface area contributed by atoms with Crippen molar-refractivity contribution in [3.05, 3.63) is 75.7 Å². The van der Waals surface area contributed by atoms with Crippen molar-refractivity contribution < 1.29 is 4.74 Å². The van der Waals surface area contributed by atoms with Crippen LogP contribution in [0.3, 0.4) is 0 Å². The van der Waals surface area contributed by atoms with E-state index in [4.69, 9.17) is 16.3 Å². The van der Waals surface area contributed by atoms with Crippen molar-refractivity contribution in [1.29, 1.82) is 0 Å². The lowest BCUT2D eigenvalue weighted by molar-refractivity contribution is 0.304. The summed E-state index contributed by atoms with van der Waals surface area (Å²) in [5, 5.41) is 8.20. The van der Waals surface area contributed by atoms with E-state index < -0.39 is 0 Å². The Bertz CT molecular complexity index is 762. The molecule has 0 spiro atoms. The molecule has 0 radical (unpaired) electrons. The number of benzene rings is 2. The van der Waals surface area contributed by atoms with Crippen LogP contribution in [0.25, 0.3) is 0 Å². The molecule has 5 nitrogen and oxygen atoms in total. The van der Waals surface area contributed by atoms with Gasteiger partial charge >= 0.3 is 0 Å². The van der Waals surface area contributed by atoms with Crippen LogP contribution in [-0.4, -0.2) is 14.9 Å². The highest BCUT2D eigenvalue weighted by atomic mass is 79.9. The van der Waals surface area contributed by atoms with Gasteiger partial charge in [0.05, 0.1) is 11.0 Å². The summed E-state index contributed by atoms with van der Waals surface area (Å²) in [5.74, 6) is 0.799. The summed E-state index contributed by atoms with van der Waals surface area (Å²) in [6, 6.07) is 13.6. The molecule has 0 bridgehead atoms. The molecule has 0 aliphatic heterocycles. The van der Waals surface area contributed by atoms with Crippen LogP contribution in [0.1, 0.15) is 11.1 Å². The minimum atomic E-state index is 0.494. The van der Waals surface area contributed by atoms with Gasteiger partial charge in [0.1, 0.15) is 25.0 Å². The van der Waals surface area contributed by atoms with E-state index in [9.17, 15) is 0 Å². The van der Waals surface area contributed by atoms with Gasteiger partial charge in [0.25, 0.3) is 0 Å². The number of aromatic nitrogens is 3. The molecule has 23 heavy (non-hydrogen) atoms. The molecular weight excluding hydrogens is 380 g/mol. The lowest BCUT2D eigenvalue weighted by atomic mass is 10.2. The Kier molecular flexibility index (Phi) is 5.15. The summed E-state index contributed by atoms with van der Waals surface area (Å²) < 4.78 is 8.45. The molecule has 0 unspecified atom stereocenters. The van der Waals surface area contributed by atoms with Crippen LogP contribution in [-0.2, 0) is 13.2 Å². The van der Waals surface area contributed by atoms with Crippen LogP contribution in [0.5, 0.6) is 5.75 Å². The Morgan fingerprint density at radius 3 is 2.43 bits per heavy atom. The SMILES string of the molecule is Clc1ccc(COc2ccc(CNn3cnnc3)cc2Br)cc1. The van der Waals surface area contributed by atoms with Crippen LogP contribution < -0.4 is 10.2 Å². The molecule has 0 saturated heterocycles. The number of hydrogen-bond acceptors (Lipinski definition) is 4. The molecule has 1 N–H and O–H groups in total. The largest absolute Gasteiger partial charge is 0.488 e. The maximum absolute atomic E-state index is 5.87. The molecule has 1 heterocycles. The molecular formula is C16H14BrClN4O. The fourth-order valence-electron chi connectivity index (χ4n) is 1.98. The van der Waals surface area contributed by atoms with Crippen LogP contribution in [0.15, 0.2) is 59.6 Å². The molecule has 3 rings (SSSR count). The Balaban J connectivity index is 1.59. The average Bonchev–Trinajstić information content (AvgIpc) is 3.07. The van der Waals surface area contributed by atoms with Gasteiger partial charge in [-0.25, -0.2) is 4.68 Å². The Labute approximate surface area is 147 Å². The molecule has 0 aliphatic rings. The van der Waals surface area contributed by atoms with Crippen molar-refractivity contribution >= 4 is 27.5 Å². The number of hydrogen-bond donors (Lipinski definition) is 1. The zero-order chi connectivity index (χ0) is 16.1. The minimum Gasteiger partial charge on any atom is -0.488 e. The highest BCUT2D eigenvalue weighted by Gasteiger charge is 2.04. The van der Waals surface area contributed by atoms with E-state index in [1.54, 1.807) is 17.3 Å². The summed E-state index contributed by atoms with van der Waals surface area (Å²) in [7, 11) is 0. The van der Waals surface area contributed by atoms with Crippen LogP contribution in [0, 0.1) is 0 Å². The molecule has 1 aromatic heterocycles. The number of halogens is 2. The Morgan fingerprint density at radius 2 is 1.74 bits per heavy atom. The van der Waals surface area contributed by atoms with E-state index in [-0.39, 0.29) is 0 Å². The Hall–Kier alpha value is -2.05. The lowest BCUT2D eigenvalue weighted by Gasteiger charge is -2.11. The second-order valence-corrected chi connectivity index (χ2v) is 6.17. The number of rotatable bonds is 6. The van der Waals surface area contributed by atoms with Gasteiger partial charge in [0.2, 0.25) is 0 Å². The first kappa shape index (κ1) is 15.8. The smallest absolute Gasteiger partial charge is 0.138 e. The first-order chi connectivity index (χ1) is 11.2. The van der Waals surface area contributed by atoms with Gasteiger partial charge in [0, 0.05) is 5.02 Å². The van der Waals surface area contributed by atoms with Crippen molar-refractivity contribution in [1.82, 2.24) is 14.9 Å². The van der Waals surface area contributed by atoms with E-state index >= 15 is 0 Å². The van der Waals surface area contributed by atoms with Crippen LogP contribution in [0.4, 0.5) is 0 Å². The van der Waals surface area contributed by atoms with Crippen LogP contribution in [0.2, 0.25) is 5.02 Å². The highest BCUT2D eigenvalue weighted by Crippen LogP contribution is 2.27. The van der Waals surface area contributed by atoms with E-state index in [1.165, 1.54) is 0 Å². The Morgan fingerprint density at radius 1 is 1.04 bits per heavy atom. The predicted molar refractivity (Wildman–Crippen MR) is 93.0 cm³/mol. The van der Waals surface area contributed by atoms with Crippen molar-refractivity contribution in [2.24, 2.45) is 0 Å². The van der Waals surface area contributed by atoms with E-state index in [0.717, 1.165) is 26.4 Å². The maximum atomic E-state index is 5.87. The van der Waals surface area contributed by atoms with Gasteiger partial charge in [-0.1, -0.05) is 29.8 Å². The summed E-state index contributed by atoms with van der Waals surface area (Å²) in [6.07, 6.45) is 3.22.